The lowest BCUT2D eigenvalue weighted by Gasteiger charge is -2.27. The second kappa shape index (κ2) is 5.24. The van der Waals surface area contributed by atoms with Crippen LogP contribution in [-0.2, 0) is 13.0 Å². The van der Waals surface area contributed by atoms with Gasteiger partial charge in [0, 0.05) is 44.6 Å². The van der Waals surface area contributed by atoms with Crippen LogP contribution < -0.4 is 5.32 Å². The van der Waals surface area contributed by atoms with E-state index in [9.17, 15) is 0 Å². The number of hydrogen-bond acceptors (Lipinski definition) is 3. The van der Waals surface area contributed by atoms with Gasteiger partial charge in [-0.3, -0.25) is 9.88 Å². The molecule has 2 rings (SSSR count). The minimum Gasteiger partial charge on any atom is -0.314 e. The van der Waals surface area contributed by atoms with E-state index in [4.69, 9.17) is 0 Å². The van der Waals surface area contributed by atoms with Crippen molar-refractivity contribution < 1.29 is 0 Å². The first kappa shape index (κ1) is 10.6. The van der Waals surface area contributed by atoms with Crippen LogP contribution in [0.2, 0.25) is 0 Å². The molecule has 0 radical (unpaired) electrons. The summed E-state index contributed by atoms with van der Waals surface area (Å²) in [5, 5.41) is 3.36. The van der Waals surface area contributed by atoms with Crippen LogP contribution in [0.15, 0.2) is 18.3 Å². The summed E-state index contributed by atoms with van der Waals surface area (Å²) in [6.45, 7) is 7.70. The topological polar surface area (TPSA) is 28.2 Å². The van der Waals surface area contributed by atoms with Crippen molar-refractivity contribution in [2.24, 2.45) is 0 Å². The standard InChI is InChI=1S/C12H19N3/c1-2-12-4-3-11(9-14-12)10-15-7-5-13-6-8-15/h3-4,9,13H,2,5-8,10H2,1H3. The van der Waals surface area contributed by atoms with Crippen molar-refractivity contribution in [2.45, 2.75) is 19.9 Å². The van der Waals surface area contributed by atoms with E-state index in [0.717, 1.165) is 39.1 Å². The Hall–Kier alpha value is -0.930. The van der Waals surface area contributed by atoms with Gasteiger partial charge >= 0.3 is 0 Å². The Morgan fingerprint density at radius 2 is 2.13 bits per heavy atom. The van der Waals surface area contributed by atoms with Gasteiger partial charge in [0.2, 0.25) is 0 Å². The third kappa shape index (κ3) is 3.01. The van der Waals surface area contributed by atoms with E-state index in [0.29, 0.717) is 0 Å². The number of nitrogens with zero attached hydrogens (tertiary/aromatic N) is 2. The average Bonchev–Trinajstić information content (AvgIpc) is 2.31. The van der Waals surface area contributed by atoms with Crippen molar-refractivity contribution in [3.05, 3.63) is 29.6 Å². The summed E-state index contributed by atoms with van der Waals surface area (Å²) in [4.78, 5) is 6.89. The first-order valence-electron chi connectivity index (χ1n) is 5.75. The molecule has 1 N–H and O–H groups in total. The maximum absolute atomic E-state index is 4.42. The predicted molar refractivity (Wildman–Crippen MR) is 61.8 cm³/mol. The average molecular weight is 205 g/mol. The lowest BCUT2D eigenvalue weighted by Crippen LogP contribution is -2.42. The zero-order chi connectivity index (χ0) is 10.5. The molecule has 3 nitrogen and oxygen atoms in total. The first-order valence-corrected chi connectivity index (χ1v) is 5.75. The summed E-state index contributed by atoms with van der Waals surface area (Å²) in [6.07, 6.45) is 3.04. The number of hydrogen-bond donors (Lipinski definition) is 1. The summed E-state index contributed by atoms with van der Waals surface area (Å²) >= 11 is 0. The lowest BCUT2D eigenvalue weighted by atomic mass is 10.2. The Morgan fingerprint density at radius 3 is 2.73 bits per heavy atom. The molecule has 0 unspecified atom stereocenters. The highest BCUT2D eigenvalue weighted by molar-refractivity contribution is 5.14. The lowest BCUT2D eigenvalue weighted by molar-refractivity contribution is 0.233. The van der Waals surface area contributed by atoms with Crippen molar-refractivity contribution >= 4 is 0 Å². The van der Waals surface area contributed by atoms with Gasteiger partial charge in [-0.15, -0.1) is 0 Å². The van der Waals surface area contributed by atoms with E-state index in [1.807, 2.05) is 6.20 Å². The molecule has 1 aromatic heterocycles. The normalized spacial score (nSPS) is 17.9. The van der Waals surface area contributed by atoms with Crippen LogP contribution in [0.4, 0.5) is 0 Å². The Balaban J connectivity index is 1.91. The second-order valence-electron chi connectivity index (χ2n) is 4.04. The van der Waals surface area contributed by atoms with E-state index < -0.39 is 0 Å². The second-order valence-corrected chi connectivity index (χ2v) is 4.04. The highest BCUT2D eigenvalue weighted by Crippen LogP contribution is 2.05. The third-order valence-electron chi connectivity index (χ3n) is 2.86. The van der Waals surface area contributed by atoms with Crippen molar-refractivity contribution in [3.8, 4) is 0 Å². The molecule has 1 saturated heterocycles. The smallest absolute Gasteiger partial charge is 0.0401 e. The summed E-state index contributed by atoms with van der Waals surface area (Å²) < 4.78 is 0. The molecule has 82 valence electrons. The number of aromatic nitrogens is 1. The summed E-state index contributed by atoms with van der Waals surface area (Å²) in [5.41, 5.74) is 2.51. The molecular formula is C12H19N3. The number of piperazine rings is 1. The van der Waals surface area contributed by atoms with Crippen molar-refractivity contribution in [1.29, 1.82) is 0 Å². The highest BCUT2D eigenvalue weighted by atomic mass is 15.2. The van der Waals surface area contributed by atoms with Gasteiger partial charge in [0.05, 0.1) is 0 Å². The maximum atomic E-state index is 4.42. The van der Waals surface area contributed by atoms with E-state index in [1.54, 1.807) is 0 Å². The number of rotatable bonds is 3. The maximum Gasteiger partial charge on any atom is 0.0401 e. The van der Waals surface area contributed by atoms with Gasteiger partial charge in [0.15, 0.2) is 0 Å². The fraction of sp³-hybridized carbons (Fsp3) is 0.583. The van der Waals surface area contributed by atoms with Crippen LogP contribution in [0.25, 0.3) is 0 Å². The molecule has 15 heavy (non-hydrogen) atoms. The van der Waals surface area contributed by atoms with Crippen molar-refractivity contribution in [2.75, 3.05) is 26.2 Å². The monoisotopic (exact) mass is 205 g/mol. The van der Waals surface area contributed by atoms with E-state index >= 15 is 0 Å². The van der Waals surface area contributed by atoms with Gasteiger partial charge < -0.3 is 5.32 Å². The fourth-order valence-corrected chi connectivity index (χ4v) is 1.89. The van der Waals surface area contributed by atoms with Gasteiger partial charge in [-0.05, 0) is 18.1 Å². The zero-order valence-electron chi connectivity index (χ0n) is 9.37. The first-order chi connectivity index (χ1) is 7.38. The van der Waals surface area contributed by atoms with E-state index in [-0.39, 0.29) is 0 Å². The predicted octanol–water partition coefficient (Wildman–Crippen LogP) is 1.05. The molecule has 1 aliphatic rings. The molecule has 0 aromatic carbocycles. The minimum absolute atomic E-state index is 1.02. The number of aryl methyl sites for hydroxylation is 1. The Bertz CT molecular complexity index is 288. The SMILES string of the molecule is CCc1ccc(CN2CCNCC2)cn1. The molecule has 3 heteroatoms. The van der Waals surface area contributed by atoms with Crippen LogP contribution >= 0.6 is 0 Å². The molecule has 1 aliphatic heterocycles. The molecule has 0 aliphatic carbocycles. The van der Waals surface area contributed by atoms with Gasteiger partial charge in [0.1, 0.15) is 0 Å². The molecule has 0 saturated carbocycles. The van der Waals surface area contributed by atoms with Crippen LogP contribution in [0.5, 0.6) is 0 Å². The molecule has 0 atom stereocenters. The van der Waals surface area contributed by atoms with E-state index in [1.165, 1.54) is 11.3 Å². The van der Waals surface area contributed by atoms with Gasteiger partial charge in [0.25, 0.3) is 0 Å². The minimum atomic E-state index is 1.02. The molecule has 0 spiro atoms. The largest absolute Gasteiger partial charge is 0.314 e. The number of pyridine rings is 1. The van der Waals surface area contributed by atoms with Gasteiger partial charge in [-0.2, -0.15) is 0 Å². The van der Waals surface area contributed by atoms with Gasteiger partial charge in [-0.1, -0.05) is 13.0 Å². The van der Waals surface area contributed by atoms with Crippen LogP contribution in [-0.4, -0.2) is 36.1 Å². The summed E-state index contributed by atoms with van der Waals surface area (Å²) in [6, 6.07) is 4.34. The van der Waals surface area contributed by atoms with Crippen molar-refractivity contribution in [1.82, 2.24) is 15.2 Å². The van der Waals surface area contributed by atoms with Crippen LogP contribution in [0.1, 0.15) is 18.2 Å². The molecule has 2 heterocycles. The Morgan fingerprint density at radius 1 is 1.33 bits per heavy atom. The Labute approximate surface area is 91.5 Å². The van der Waals surface area contributed by atoms with Crippen LogP contribution in [0.3, 0.4) is 0 Å². The van der Waals surface area contributed by atoms with Crippen molar-refractivity contribution in [3.63, 3.8) is 0 Å². The zero-order valence-corrected chi connectivity index (χ0v) is 9.37. The molecule has 1 aromatic rings. The third-order valence-corrected chi connectivity index (χ3v) is 2.86. The summed E-state index contributed by atoms with van der Waals surface area (Å²) in [5.74, 6) is 0. The quantitative estimate of drug-likeness (QED) is 0.799. The Kier molecular flexibility index (Phi) is 3.69. The van der Waals surface area contributed by atoms with E-state index in [2.05, 4.69) is 34.3 Å². The number of nitrogens with one attached hydrogen (secondary N) is 1. The van der Waals surface area contributed by atoms with Crippen LogP contribution in [0, 0.1) is 0 Å². The van der Waals surface area contributed by atoms with Gasteiger partial charge in [-0.25, -0.2) is 0 Å². The molecular weight excluding hydrogens is 186 g/mol. The molecule has 0 amide bonds. The molecule has 1 fully saturated rings. The fourth-order valence-electron chi connectivity index (χ4n) is 1.89. The highest BCUT2D eigenvalue weighted by Gasteiger charge is 2.09. The molecule has 0 bridgehead atoms. The summed E-state index contributed by atoms with van der Waals surface area (Å²) in [7, 11) is 0.